The summed E-state index contributed by atoms with van der Waals surface area (Å²) in [4.78, 5) is 24.8. The second kappa shape index (κ2) is 7.36. The van der Waals surface area contributed by atoms with Crippen molar-refractivity contribution in [2.45, 2.75) is 70.1 Å². The molecule has 3 aliphatic heterocycles. The Kier molecular flexibility index (Phi) is 5.51. The first-order valence-corrected chi connectivity index (χ1v) is 9.69. The molecule has 0 aromatic carbocycles. The van der Waals surface area contributed by atoms with Crippen LogP contribution in [0.3, 0.4) is 0 Å². The maximum Gasteiger partial charge on any atom is 0.342 e. The summed E-state index contributed by atoms with van der Waals surface area (Å²) in [5.41, 5.74) is -2.06. The van der Waals surface area contributed by atoms with E-state index in [1.54, 1.807) is 19.9 Å². The number of hydrogen-bond donors (Lipinski definition) is 2. The Hall–Kier alpha value is -2.00. The molecular weight excluding hydrogens is 380 g/mol. The molecule has 1 saturated heterocycles. The van der Waals surface area contributed by atoms with Gasteiger partial charge in [0.2, 0.25) is 0 Å². The highest BCUT2D eigenvalue weighted by Crippen LogP contribution is 2.49. The summed E-state index contributed by atoms with van der Waals surface area (Å²) in [6.45, 7) is 10.4. The van der Waals surface area contributed by atoms with Gasteiger partial charge >= 0.3 is 11.9 Å². The quantitative estimate of drug-likeness (QED) is 0.522. The van der Waals surface area contributed by atoms with Gasteiger partial charge in [-0.2, -0.15) is 0 Å². The Morgan fingerprint density at radius 3 is 2.66 bits per heavy atom. The summed E-state index contributed by atoms with van der Waals surface area (Å²) < 4.78 is 22.3. The largest absolute Gasteiger partial charge is 0.454 e. The summed E-state index contributed by atoms with van der Waals surface area (Å²) in [6, 6.07) is 0. The van der Waals surface area contributed by atoms with Gasteiger partial charge < -0.3 is 29.2 Å². The van der Waals surface area contributed by atoms with Gasteiger partial charge in [0.25, 0.3) is 0 Å². The molecule has 0 saturated carbocycles. The Bertz CT molecular complexity index is 807. The van der Waals surface area contributed by atoms with Crippen LogP contribution in [0.5, 0.6) is 0 Å². The highest BCUT2D eigenvalue weighted by Gasteiger charge is 2.58. The van der Waals surface area contributed by atoms with Gasteiger partial charge in [-0.05, 0) is 40.2 Å². The number of fused-ring (bicyclic) bond motifs is 3. The first-order valence-electron chi connectivity index (χ1n) is 9.69. The van der Waals surface area contributed by atoms with Gasteiger partial charge in [0, 0.05) is 30.6 Å². The molecule has 29 heavy (non-hydrogen) atoms. The molecule has 2 bridgehead atoms. The fraction of sp³-hybridized carbons (Fsp3) is 0.619. The SMILES string of the molecule is C=C(C)C(=O)O[C@@H]1C[C@@](C)(O)[C@@]2(O)CC[C@](C)(/C=C3/OC(=O)C(COCC)=C31)O2. The van der Waals surface area contributed by atoms with E-state index in [1.165, 1.54) is 13.8 Å². The predicted octanol–water partition coefficient (Wildman–Crippen LogP) is 1.66. The van der Waals surface area contributed by atoms with Crippen LogP contribution in [0.25, 0.3) is 0 Å². The van der Waals surface area contributed by atoms with Crippen molar-refractivity contribution in [2.75, 3.05) is 13.2 Å². The molecule has 0 amide bonds. The molecule has 0 unspecified atom stereocenters. The molecule has 1 fully saturated rings. The van der Waals surface area contributed by atoms with Crippen molar-refractivity contribution in [1.82, 2.24) is 0 Å². The van der Waals surface area contributed by atoms with Gasteiger partial charge in [0.15, 0.2) is 5.79 Å². The second-order valence-corrected chi connectivity index (χ2v) is 8.28. The summed E-state index contributed by atoms with van der Waals surface area (Å²) in [6.07, 6.45) is 0.890. The molecule has 3 aliphatic rings. The zero-order chi connectivity index (χ0) is 21.6. The molecule has 8 nitrogen and oxygen atoms in total. The van der Waals surface area contributed by atoms with E-state index in [0.717, 1.165) is 0 Å². The molecule has 0 aromatic heterocycles. The van der Waals surface area contributed by atoms with Gasteiger partial charge in [-0.25, -0.2) is 9.59 Å². The standard InChI is InChI=1S/C21H28O8/c1-6-26-11-13-16-14(28-18(13)23)9-19(4)7-8-21(25,29-19)20(5,24)10-15(16)27-17(22)12(2)3/h9,15,24-25H,2,6-8,10-11H2,1,3-5H3/b14-9+/t15-,19-,20-,21-/m1/s1. The average molecular weight is 408 g/mol. The van der Waals surface area contributed by atoms with Gasteiger partial charge in [0.05, 0.1) is 17.8 Å². The highest BCUT2D eigenvalue weighted by atomic mass is 16.7. The fourth-order valence-electron chi connectivity index (χ4n) is 3.89. The Balaban J connectivity index is 2.17. The van der Waals surface area contributed by atoms with Crippen molar-refractivity contribution in [1.29, 1.82) is 0 Å². The van der Waals surface area contributed by atoms with Crippen LogP contribution in [0.15, 0.2) is 35.1 Å². The van der Waals surface area contributed by atoms with E-state index < -0.39 is 35.0 Å². The van der Waals surface area contributed by atoms with E-state index >= 15 is 0 Å². The van der Waals surface area contributed by atoms with Crippen molar-refractivity contribution in [3.63, 3.8) is 0 Å². The molecule has 0 aromatic rings. The lowest BCUT2D eigenvalue weighted by Gasteiger charge is -2.40. The lowest BCUT2D eigenvalue weighted by molar-refractivity contribution is -0.298. The van der Waals surface area contributed by atoms with Crippen LogP contribution in [-0.2, 0) is 28.5 Å². The predicted molar refractivity (Wildman–Crippen MR) is 101 cm³/mol. The molecule has 3 rings (SSSR count). The minimum Gasteiger partial charge on any atom is -0.454 e. The van der Waals surface area contributed by atoms with Crippen LogP contribution in [0, 0.1) is 0 Å². The van der Waals surface area contributed by atoms with E-state index in [0.29, 0.717) is 18.6 Å². The van der Waals surface area contributed by atoms with Crippen LogP contribution < -0.4 is 0 Å². The van der Waals surface area contributed by atoms with E-state index in [1.807, 2.05) is 0 Å². The number of ether oxygens (including phenoxy) is 4. The zero-order valence-corrected chi connectivity index (χ0v) is 17.2. The first kappa shape index (κ1) is 21.7. The third kappa shape index (κ3) is 3.90. The molecule has 0 aliphatic carbocycles. The molecule has 3 heterocycles. The van der Waals surface area contributed by atoms with Crippen LogP contribution in [0.2, 0.25) is 0 Å². The minimum atomic E-state index is -1.85. The number of carbonyl (C=O) groups is 2. The Morgan fingerprint density at radius 2 is 2.03 bits per heavy atom. The lowest BCUT2D eigenvalue weighted by atomic mass is 9.82. The molecule has 2 N–H and O–H groups in total. The minimum absolute atomic E-state index is 0.0346. The number of hydrogen-bond acceptors (Lipinski definition) is 8. The summed E-state index contributed by atoms with van der Waals surface area (Å²) >= 11 is 0. The Morgan fingerprint density at radius 1 is 1.34 bits per heavy atom. The van der Waals surface area contributed by atoms with Crippen molar-refractivity contribution in [2.24, 2.45) is 0 Å². The topological polar surface area (TPSA) is 112 Å². The third-order valence-electron chi connectivity index (χ3n) is 5.63. The van der Waals surface area contributed by atoms with E-state index in [4.69, 9.17) is 18.9 Å². The van der Waals surface area contributed by atoms with E-state index in [9.17, 15) is 19.8 Å². The van der Waals surface area contributed by atoms with Crippen molar-refractivity contribution in [3.05, 3.63) is 35.1 Å². The van der Waals surface area contributed by atoms with Crippen molar-refractivity contribution >= 4 is 11.9 Å². The molecule has 4 atom stereocenters. The maximum absolute atomic E-state index is 12.5. The number of rotatable bonds is 5. The molecule has 8 heteroatoms. The van der Waals surface area contributed by atoms with Gasteiger partial charge in [0.1, 0.15) is 17.5 Å². The second-order valence-electron chi connectivity index (χ2n) is 8.28. The first-order chi connectivity index (χ1) is 13.4. The number of esters is 2. The van der Waals surface area contributed by atoms with Gasteiger partial charge in [-0.15, -0.1) is 0 Å². The lowest BCUT2D eigenvalue weighted by Crippen LogP contribution is -2.54. The van der Waals surface area contributed by atoms with E-state index in [2.05, 4.69) is 6.58 Å². The molecule has 0 radical (unpaired) electrons. The third-order valence-corrected chi connectivity index (χ3v) is 5.63. The highest BCUT2D eigenvalue weighted by molar-refractivity contribution is 5.95. The van der Waals surface area contributed by atoms with Gasteiger partial charge in [-0.3, -0.25) is 0 Å². The van der Waals surface area contributed by atoms with Crippen molar-refractivity contribution in [3.8, 4) is 0 Å². The maximum atomic E-state index is 12.5. The number of aliphatic hydroxyl groups is 2. The van der Waals surface area contributed by atoms with Crippen LogP contribution in [0.4, 0.5) is 0 Å². The van der Waals surface area contributed by atoms with Gasteiger partial charge in [-0.1, -0.05) is 6.58 Å². The molecular formula is C21H28O8. The molecule has 160 valence electrons. The Labute approximate surface area is 169 Å². The fourth-order valence-corrected chi connectivity index (χ4v) is 3.89. The van der Waals surface area contributed by atoms with Crippen molar-refractivity contribution < 1.29 is 38.7 Å². The summed E-state index contributed by atoms with van der Waals surface area (Å²) in [5, 5.41) is 22.2. The monoisotopic (exact) mass is 408 g/mol. The zero-order valence-electron chi connectivity index (χ0n) is 17.2. The van der Waals surface area contributed by atoms with Crippen LogP contribution >= 0.6 is 0 Å². The van der Waals surface area contributed by atoms with Crippen LogP contribution in [0.1, 0.15) is 47.0 Å². The van der Waals surface area contributed by atoms with E-state index in [-0.39, 0.29) is 36.4 Å². The summed E-state index contributed by atoms with van der Waals surface area (Å²) in [5.74, 6) is -2.95. The smallest absolute Gasteiger partial charge is 0.342 e. The summed E-state index contributed by atoms with van der Waals surface area (Å²) in [7, 11) is 0. The average Bonchev–Trinajstić information content (AvgIpc) is 3.09. The molecule has 0 spiro atoms. The van der Waals surface area contributed by atoms with Crippen LogP contribution in [-0.4, -0.2) is 58.5 Å². The normalized spacial score (nSPS) is 38.3. The number of carbonyl (C=O) groups excluding carboxylic acids is 2.